The third kappa shape index (κ3) is 4.63. The minimum atomic E-state index is 0.696. The second-order valence-electron chi connectivity index (χ2n) is 4.17. The molecule has 0 bridgehead atoms. The molecular formula is C15H17IN2O. The summed E-state index contributed by atoms with van der Waals surface area (Å²) in [7, 11) is 0. The van der Waals surface area contributed by atoms with Gasteiger partial charge >= 0.3 is 0 Å². The van der Waals surface area contributed by atoms with Crippen molar-refractivity contribution in [2.75, 3.05) is 24.2 Å². The van der Waals surface area contributed by atoms with E-state index in [4.69, 9.17) is 10.5 Å². The lowest BCUT2D eigenvalue weighted by Crippen LogP contribution is -2.08. The van der Waals surface area contributed by atoms with Crippen molar-refractivity contribution < 1.29 is 4.74 Å². The van der Waals surface area contributed by atoms with Crippen LogP contribution < -0.4 is 15.8 Å². The van der Waals surface area contributed by atoms with Gasteiger partial charge in [-0.25, -0.2) is 0 Å². The van der Waals surface area contributed by atoms with Crippen molar-refractivity contribution in [2.45, 2.75) is 6.42 Å². The van der Waals surface area contributed by atoms with Crippen molar-refractivity contribution in [3.8, 4) is 5.75 Å². The summed E-state index contributed by atoms with van der Waals surface area (Å²) in [5, 5.41) is 3.32. The fraction of sp³-hybridized carbons (Fsp3) is 0.200. The van der Waals surface area contributed by atoms with Gasteiger partial charge in [-0.1, -0.05) is 18.2 Å². The van der Waals surface area contributed by atoms with Crippen LogP contribution in [0.1, 0.15) is 6.42 Å². The maximum Gasteiger partial charge on any atom is 0.119 e. The Morgan fingerprint density at radius 3 is 2.63 bits per heavy atom. The maximum atomic E-state index is 5.93. The molecule has 0 aliphatic heterocycles. The molecular weight excluding hydrogens is 351 g/mol. The molecule has 4 heteroatoms. The first kappa shape index (κ1) is 14.0. The Morgan fingerprint density at radius 2 is 1.89 bits per heavy atom. The molecule has 0 amide bonds. The molecule has 3 nitrogen and oxygen atoms in total. The lowest BCUT2D eigenvalue weighted by atomic mass is 10.2. The summed E-state index contributed by atoms with van der Waals surface area (Å²) in [6.07, 6.45) is 0.931. The quantitative estimate of drug-likeness (QED) is 0.464. The highest BCUT2D eigenvalue weighted by Crippen LogP contribution is 2.20. The van der Waals surface area contributed by atoms with Crippen LogP contribution in [0.5, 0.6) is 5.75 Å². The third-order valence-electron chi connectivity index (χ3n) is 2.66. The van der Waals surface area contributed by atoms with Gasteiger partial charge in [0.25, 0.3) is 0 Å². The Kier molecular flexibility index (Phi) is 5.32. The summed E-state index contributed by atoms with van der Waals surface area (Å²) in [6, 6.07) is 15.9. The van der Waals surface area contributed by atoms with Gasteiger partial charge in [0.2, 0.25) is 0 Å². The standard InChI is InChI=1S/C15H17IN2O/c16-12-7-8-15(14(17)11-12)18-9-4-10-19-13-5-2-1-3-6-13/h1-3,5-8,11,18H,4,9-10,17H2. The summed E-state index contributed by atoms with van der Waals surface area (Å²) in [6.45, 7) is 1.54. The normalized spacial score (nSPS) is 10.2. The van der Waals surface area contributed by atoms with Gasteiger partial charge in [-0.15, -0.1) is 0 Å². The van der Waals surface area contributed by atoms with Gasteiger partial charge < -0.3 is 15.8 Å². The zero-order valence-electron chi connectivity index (χ0n) is 10.6. The molecule has 0 aliphatic carbocycles. The van der Waals surface area contributed by atoms with Crippen LogP contribution in [0.2, 0.25) is 0 Å². The molecule has 0 aromatic heterocycles. The summed E-state index contributed by atoms with van der Waals surface area (Å²) < 4.78 is 6.77. The van der Waals surface area contributed by atoms with Gasteiger partial charge in [-0.3, -0.25) is 0 Å². The van der Waals surface area contributed by atoms with Gasteiger partial charge in [0.15, 0.2) is 0 Å². The molecule has 0 aliphatic rings. The highest BCUT2D eigenvalue weighted by atomic mass is 127. The van der Waals surface area contributed by atoms with Crippen LogP contribution in [-0.4, -0.2) is 13.2 Å². The molecule has 100 valence electrons. The Morgan fingerprint density at radius 1 is 1.11 bits per heavy atom. The van der Waals surface area contributed by atoms with Crippen LogP contribution in [0.15, 0.2) is 48.5 Å². The van der Waals surface area contributed by atoms with Gasteiger partial charge in [-0.05, 0) is 59.3 Å². The molecule has 2 aromatic rings. The van der Waals surface area contributed by atoms with Crippen LogP contribution >= 0.6 is 22.6 Å². The molecule has 0 spiro atoms. The van der Waals surface area contributed by atoms with Gasteiger partial charge in [0.1, 0.15) is 5.75 Å². The molecule has 3 N–H and O–H groups in total. The number of nitrogen functional groups attached to an aromatic ring is 1. The van der Waals surface area contributed by atoms with Crippen molar-refractivity contribution in [3.05, 3.63) is 52.1 Å². The molecule has 0 fully saturated rings. The Bertz CT molecular complexity index is 517. The second-order valence-corrected chi connectivity index (χ2v) is 5.42. The number of hydrogen-bond acceptors (Lipinski definition) is 3. The number of para-hydroxylation sites is 1. The molecule has 0 radical (unpaired) electrons. The number of benzene rings is 2. The van der Waals surface area contributed by atoms with E-state index in [0.717, 1.165) is 33.7 Å². The number of nitrogens with one attached hydrogen (secondary N) is 1. The van der Waals surface area contributed by atoms with E-state index in [0.29, 0.717) is 6.61 Å². The highest BCUT2D eigenvalue weighted by Gasteiger charge is 1.99. The monoisotopic (exact) mass is 368 g/mol. The summed E-state index contributed by atoms with van der Waals surface area (Å²) >= 11 is 2.25. The number of anilines is 2. The molecule has 0 atom stereocenters. The Balaban J connectivity index is 1.69. The number of ether oxygens (including phenoxy) is 1. The molecule has 19 heavy (non-hydrogen) atoms. The van der Waals surface area contributed by atoms with Gasteiger partial charge in [0, 0.05) is 10.1 Å². The molecule has 0 heterocycles. The first-order valence-electron chi connectivity index (χ1n) is 6.22. The Hall–Kier alpha value is -1.43. The lowest BCUT2D eigenvalue weighted by Gasteiger charge is -2.10. The molecule has 2 aromatic carbocycles. The number of rotatable bonds is 6. The SMILES string of the molecule is Nc1cc(I)ccc1NCCCOc1ccccc1. The van der Waals surface area contributed by atoms with Crippen LogP contribution in [0.25, 0.3) is 0 Å². The lowest BCUT2D eigenvalue weighted by molar-refractivity contribution is 0.315. The fourth-order valence-electron chi connectivity index (χ4n) is 1.70. The predicted molar refractivity (Wildman–Crippen MR) is 88.6 cm³/mol. The van der Waals surface area contributed by atoms with E-state index in [1.54, 1.807) is 0 Å². The maximum absolute atomic E-state index is 5.93. The first-order chi connectivity index (χ1) is 9.25. The minimum absolute atomic E-state index is 0.696. The van der Waals surface area contributed by atoms with Crippen molar-refractivity contribution in [2.24, 2.45) is 0 Å². The average Bonchev–Trinajstić information content (AvgIpc) is 2.42. The fourth-order valence-corrected chi connectivity index (χ4v) is 2.21. The van der Waals surface area contributed by atoms with Crippen LogP contribution in [-0.2, 0) is 0 Å². The molecule has 2 rings (SSSR count). The second kappa shape index (κ2) is 7.23. The molecule has 0 saturated heterocycles. The minimum Gasteiger partial charge on any atom is -0.494 e. The van der Waals surface area contributed by atoms with E-state index >= 15 is 0 Å². The number of hydrogen-bond donors (Lipinski definition) is 2. The van der Waals surface area contributed by atoms with Crippen LogP contribution in [0, 0.1) is 3.57 Å². The number of halogens is 1. The van der Waals surface area contributed by atoms with E-state index in [2.05, 4.69) is 27.9 Å². The zero-order valence-corrected chi connectivity index (χ0v) is 12.8. The summed E-state index contributed by atoms with van der Waals surface area (Å²) in [4.78, 5) is 0. The zero-order chi connectivity index (χ0) is 13.5. The molecule has 0 saturated carbocycles. The van der Waals surface area contributed by atoms with E-state index in [1.807, 2.05) is 48.5 Å². The van der Waals surface area contributed by atoms with E-state index < -0.39 is 0 Å². The Labute approximate surface area is 127 Å². The van der Waals surface area contributed by atoms with E-state index in [-0.39, 0.29) is 0 Å². The average molecular weight is 368 g/mol. The number of nitrogens with two attached hydrogens (primary N) is 1. The van der Waals surface area contributed by atoms with Crippen molar-refractivity contribution in [1.82, 2.24) is 0 Å². The predicted octanol–water partition coefficient (Wildman–Crippen LogP) is 3.75. The topological polar surface area (TPSA) is 47.3 Å². The third-order valence-corrected chi connectivity index (χ3v) is 3.33. The highest BCUT2D eigenvalue weighted by molar-refractivity contribution is 14.1. The molecule has 0 unspecified atom stereocenters. The summed E-state index contributed by atoms with van der Waals surface area (Å²) in [5.74, 6) is 0.913. The first-order valence-corrected chi connectivity index (χ1v) is 7.30. The van der Waals surface area contributed by atoms with Crippen LogP contribution in [0.3, 0.4) is 0 Å². The van der Waals surface area contributed by atoms with E-state index in [1.165, 1.54) is 0 Å². The summed E-state index contributed by atoms with van der Waals surface area (Å²) in [5.41, 5.74) is 7.70. The van der Waals surface area contributed by atoms with Crippen molar-refractivity contribution in [3.63, 3.8) is 0 Å². The largest absolute Gasteiger partial charge is 0.494 e. The van der Waals surface area contributed by atoms with Crippen molar-refractivity contribution in [1.29, 1.82) is 0 Å². The van der Waals surface area contributed by atoms with Gasteiger partial charge in [0.05, 0.1) is 18.0 Å². The smallest absolute Gasteiger partial charge is 0.119 e. The van der Waals surface area contributed by atoms with E-state index in [9.17, 15) is 0 Å². The van der Waals surface area contributed by atoms with Gasteiger partial charge in [-0.2, -0.15) is 0 Å². The van der Waals surface area contributed by atoms with Crippen molar-refractivity contribution >= 4 is 34.0 Å². The van der Waals surface area contributed by atoms with Crippen LogP contribution in [0.4, 0.5) is 11.4 Å².